The van der Waals surface area contributed by atoms with E-state index in [1.165, 1.54) is 0 Å². The van der Waals surface area contributed by atoms with Gasteiger partial charge in [0.05, 0.1) is 23.6 Å². The first kappa shape index (κ1) is 15.1. The van der Waals surface area contributed by atoms with Gasteiger partial charge in [0.15, 0.2) is 6.10 Å². The van der Waals surface area contributed by atoms with Crippen molar-refractivity contribution in [1.82, 2.24) is 15.0 Å². The van der Waals surface area contributed by atoms with Crippen molar-refractivity contribution in [2.45, 2.75) is 12.5 Å². The quantitative estimate of drug-likeness (QED) is 0.740. The molecule has 7 heteroatoms. The van der Waals surface area contributed by atoms with E-state index in [9.17, 15) is 9.59 Å². The van der Waals surface area contributed by atoms with Gasteiger partial charge >= 0.3 is 5.97 Å². The topological polar surface area (TPSA) is 86.1 Å². The summed E-state index contributed by atoms with van der Waals surface area (Å²) in [5.74, 6) is -0.836. The van der Waals surface area contributed by atoms with E-state index < -0.39 is 12.1 Å². The summed E-state index contributed by atoms with van der Waals surface area (Å²) in [6.07, 6.45) is 2.79. The average molecular weight is 334 g/mol. The van der Waals surface area contributed by atoms with Gasteiger partial charge in [-0.25, -0.2) is 9.48 Å². The van der Waals surface area contributed by atoms with Gasteiger partial charge in [0, 0.05) is 12.1 Å². The summed E-state index contributed by atoms with van der Waals surface area (Å²) in [4.78, 5) is 24.5. The largest absolute Gasteiger partial charge is 0.448 e. The second-order valence-corrected chi connectivity index (χ2v) is 5.64. The van der Waals surface area contributed by atoms with Crippen molar-refractivity contribution in [1.29, 1.82) is 0 Å². The van der Waals surface area contributed by atoms with Crippen molar-refractivity contribution in [3.05, 3.63) is 72.1 Å². The third kappa shape index (κ3) is 2.99. The Labute approximate surface area is 143 Å². The molecule has 7 nitrogen and oxygen atoms in total. The first-order valence-corrected chi connectivity index (χ1v) is 7.77. The van der Waals surface area contributed by atoms with Crippen LogP contribution in [0.2, 0.25) is 0 Å². The van der Waals surface area contributed by atoms with Crippen molar-refractivity contribution >= 4 is 17.6 Å². The van der Waals surface area contributed by atoms with Crippen LogP contribution in [0.15, 0.2) is 60.9 Å². The Morgan fingerprint density at radius 3 is 2.92 bits per heavy atom. The van der Waals surface area contributed by atoms with Crippen molar-refractivity contribution < 1.29 is 14.3 Å². The molecule has 0 spiro atoms. The van der Waals surface area contributed by atoms with Gasteiger partial charge in [0.2, 0.25) is 0 Å². The van der Waals surface area contributed by atoms with Crippen LogP contribution >= 0.6 is 0 Å². The Bertz CT molecular complexity index is 937. The van der Waals surface area contributed by atoms with Gasteiger partial charge in [-0.15, -0.1) is 5.10 Å². The van der Waals surface area contributed by atoms with E-state index in [2.05, 4.69) is 15.6 Å². The summed E-state index contributed by atoms with van der Waals surface area (Å²) in [7, 11) is 0. The minimum Gasteiger partial charge on any atom is -0.448 e. The molecule has 0 saturated carbocycles. The van der Waals surface area contributed by atoms with Crippen molar-refractivity contribution in [2.24, 2.45) is 0 Å². The molecule has 3 aromatic rings. The van der Waals surface area contributed by atoms with Crippen molar-refractivity contribution in [3.8, 4) is 5.69 Å². The molecule has 4 rings (SSSR count). The highest BCUT2D eigenvalue weighted by Gasteiger charge is 2.31. The molecule has 0 bridgehead atoms. The zero-order valence-corrected chi connectivity index (χ0v) is 13.1. The van der Waals surface area contributed by atoms with Crippen LogP contribution in [-0.4, -0.2) is 33.0 Å². The van der Waals surface area contributed by atoms with Crippen LogP contribution in [0.4, 0.5) is 5.69 Å². The molecule has 0 fully saturated rings. The first-order valence-electron chi connectivity index (χ1n) is 7.77. The maximum absolute atomic E-state index is 12.5. The minimum atomic E-state index is -0.850. The van der Waals surface area contributed by atoms with E-state index in [-0.39, 0.29) is 5.91 Å². The molecule has 0 saturated heterocycles. The molecule has 1 unspecified atom stereocenters. The van der Waals surface area contributed by atoms with Crippen LogP contribution in [-0.2, 0) is 16.0 Å². The lowest BCUT2D eigenvalue weighted by Gasteiger charge is -2.23. The van der Waals surface area contributed by atoms with Crippen LogP contribution in [0.1, 0.15) is 15.9 Å². The van der Waals surface area contributed by atoms with E-state index >= 15 is 0 Å². The number of carbonyl (C=O) groups excluding carboxylic acids is 2. The lowest BCUT2D eigenvalue weighted by atomic mass is 9.98. The molecule has 2 aromatic carbocycles. The van der Waals surface area contributed by atoms with Crippen molar-refractivity contribution in [2.75, 3.05) is 5.32 Å². The first-order chi connectivity index (χ1) is 12.2. The van der Waals surface area contributed by atoms with Gasteiger partial charge in [-0.2, -0.15) is 0 Å². The molecule has 25 heavy (non-hydrogen) atoms. The molecule has 1 N–H and O–H groups in total. The number of nitrogens with one attached hydrogen (secondary N) is 1. The number of hydrogen-bond acceptors (Lipinski definition) is 5. The summed E-state index contributed by atoms with van der Waals surface area (Å²) in [5, 5.41) is 10.5. The number of esters is 1. The molecular weight excluding hydrogens is 320 g/mol. The normalized spacial score (nSPS) is 16.0. The monoisotopic (exact) mass is 334 g/mol. The fraction of sp³-hybridized carbons (Fsp3) is 0.111. The number of cyclic esters (lactones) is 1. The number of rotatable bonds is 3. The third-order valence-corrected chi connectivity index (χ3v) is 3.99. The molecule has 1 aliphatic heterocycles. The number of nitrogens with zero attached hydrogens (tertiary/aromatic N) is 3. The van der Waals surface area contributed by atoms with Crippen LogP contribution in [0.5, 0.6) is 0 Å². The Morgan fingerprint density at radius 2 is 2.08 bits per heavy atom. The average Bonchev–Trinajstić information content (AvgIpc) is 3.17. The summed E-state index contributed by atoms with van der Waals surface area (Å²) in [6, 6.07) is 14.3. The number of hydrogen-bond donors (Lipinski definition) is 1. The Hall–Kier alpha value is -3.48. The number of amides is 1. The van der Waals surface area contributed by atoms with Gasteiger partial charge in [-0.05, 0) is 29.8 Å². The predicted molar refractivity (Wildman–Crippen MR) is 89.3 cm³/mol. The van der Waals surface area contributed by atoms with E-state index in [4.69, 9.17) is 4.74 Å². The maximum atomic E-state index is 12.5. The van der Waals surface area contributed by atoms with Gasteiger partial charge < -0.3 is 10.1 Å². The van der Waals surface area contributed by atoms with E-state index in [0.717, 1.165) is 11.3 Å². The SMILES string of the molecule is O=C1OC(C(=O)Nc2cccc(-n3ccnn3)c2)Cc2ccccc21. The summed E-state index contributed by atoms with van der Waals surface area (Å²) in [6.45, 7) is 0. The lowest BCUT2D eigenvalue weighted by molar-refractivity contribution is -0.125. The molecule has 0 radical (unpaired) electrons. The molecule has 124 valence electrons. The second-order valence-electron chi connectivity index (χ2n) is 5.64. The smallest absolute Gasteiger partial charge is 0.339 e. The van der Waals surface area contributed by atoms with Crippen molar-refractivity contribution in [3.63, 3.8) is 0 Å². The standard InChI is InChI=1S/C18H14N4O3/c23-17(16-10-12-4-1-2-7-15(12)18(24)25-16)20-13-5-3-6-14(11-13)22-9-8-19-21-22/h1-9,11,16H,10H2,(H,20,23). The summed E-state index contributed by atoms with van der Waals surface area (Å²) < 4.78 is 6.86. The van der Waals surface area contributed by atoms with Crippen LogP contribution in [0.3, 0.4) is 0 Å². The van der Waals surface area contributed by atoms with Crippen LogP contribution < -0.4 is 5.32 Å². The molecule has 0 aliphatic carbocycles. The summed E-state index contributed by atoms with van der Waals surface area (Å²) >= 11 is 0. The number of ether oxygens (including phenoxy) is 1. The molecule has 1 amide bonds. The van der Waals surface area contributed by atoms with Gasteiger partial charge in [0.1, 0.15) is 0 Å². The lowest BCUT2D eigenvalue weighted by Crippen LogP contribution is -2.37. The molecule has 2 heterocycles. The molecule has 1 aromatic heterocycles. The van der Waals surface area contributed by atoms with E-state index in [0.29, 0.717) is 17.7 Å². The fourth-order valence-electron chi connectivity index (χ4n) is 2.77. The fourth-order valence-corrected chi connectivity index (χ4v) is 2.77. The molecular formula is C18H14N4O3. The molecule has 1 atom stereocenters. The Kier molecular flexibility index (Phi) is 3.74. The number of benzene rings is 2. The maximum Gasteiger partial charge on any atom is 0.339 e. The Balaban J connectivity index is 1.52. The number of carbonyl (C=O) groups is 2. The van der Waals surface area contributed by atoms with Crippen LogP contribution in [0, 0.1) is 0 Å². The zero-order chi connectivity index (χ0) is 17.2. The Morgan fingerprint density at radius 1 is 1.20 bits per heavy atom. The predicted octanol–water partition coefficient (Wildman–Crippen LogP) is 1.99. The molecule has 1 aliphatic rings. The minimum absolute atomic E-state index is 0.358. The summed E-state index contributed by atoms with van der Waals surface area (Å²) in [5.41, 5.74) is 2.68. The van der Waals surface area contributed by atoms with E-state index in [1.807, 2.05) is 18.2 Å². The number of fused-ring (bicyclic) bond motifs is 1. The second kappa shape index (κ2) is 6.20. The highest BCUT2D eigenvalue weighted by molar-refractivity contribution is 6.00. The van der Waals surface area contributed by atoms with Gasteiger partial charge in [-0.3, -0.25) is 4.79 Å². The zero-order valence-electron chi connectivity index (χ0n) is 13.1. The highest BCUT2D eigenvalue weighted by Crippen LogP contribution is 2.22. The van der Waals surface area contributed by atoms with Gasteiger partial charge in [-0.1, -0.05) is 29.5 Å². The van der Waals surface area contributed by atoms with Crippen LogP contribution in [0.25, 0.3) is 5.69 Å². The van der Waals surface area contributed by atoms with E-state index in [1.54, 1.807) is 47.4 Å². The highest BCUT2D eigenvalue weighted by atomic mass is 16.5. The third-order valence-electron chi connectivity index (χ3n) is 3.99. The number of anilines is 1. The number of aromatic nitrogens is 3. The van der Waals surface area contributed by atoms with Gasteiger partial charge in [0.25, 0.3) is 5.91 Å².